The van der Waals surface area contributed by atoms with E-state index in [1.165, 1.54) is 18.2 Å². The first-order valence-corrected chi connectivity index (χ1v) is 6.29. The van der Waals surface area contributed by atoms with E-state index in [9.17, 15) is 13.6 Å². The van der Waals surface area contributed by atoms with E-state index in [0.29, 0.717) is 0 Å². The fourth-order valence-corrected chi connectivity index (χ4v) is 2.39. The molecule has 0 radical (unpaired) electrons. The van der Waals surface area contributed by atoms with Crippen LogP contribution >= 0.6 is 11.8 Å². The number of thioether (sulfide) groups is 1. The molecule has 0 saturated carbocycles. The molecule has 0 spiro atoms. The summed E-state index contributed by atoms with van der Waals surface area (Å²) in [5, 5.41) is 8.84. The highest BCUT2D eigenvalue weighted by molar-refractivity contribution is 7.99. The summed E-state index contributed by atoms with van der Waals surface area (Å²) in [5.74, 6) is -2.38. The second-order valence-corrected chi connectivity index (χ2v) is 6.04. The van der Waals surface area contributed by atoms with Crippen LogP contribution < -0.4 is 5.73 Å². The molecule has 0 aromatic heterocycles. The van der Waals surface area contributed by atoms with Crippen LogP contribution in [0.4, 0.5) is 8.78 Å². The summed E-state index contributed by atoms with van der Waals surface area (Å²) >= 11 is 1.11. The fraction of sp³-hybridized carbons (Fsp3) is 0.417. The fourth-order valence-electron chi connectivity index (χ4n) is 1.32. The zero-order chi connectivity index (χ0) is 13.9. The Balaban J connectivity index is 2.79. The number of carboxylic acids is 1. The van der Waals surface area contributed by atoms with Crippen LogP contribution in [0, 0.1) is 11.6 Å². The molecular weight excluding hydrogens is 260 g/mol. The van der Waals surface area contributed by atoms with Crippen molar-refractivity contribution in [2.24, 2.45) is 5.73 Å². The van der Waals surface area contributed by atoms with E-state index in [4.69, 9.17) is 10.8 Å². The Morgan fingerprint density at radius 3 is 2.39 bits per heavy atom. The van der Waals surface area contributed by atoms with Gasteiger partial charge >= 0.3 is 5.97 Å². The first-order valence-electron chi connectivity index (χ1n) is 5.31. The van der Waals surface area contributed by atoms with Crippen molar-refractivity contribution in [3.05, 3.63) is 35.4 Å². The summed E-state index contributed by atoms with van der Waals surface area (Å²) in [6.07, 6.45) is 0. The Labute approximate surface area is 108 Å². The average Bonchev–Trinajstić information content (AvgIpc) is 2.27. The van der Waals surface area contributed by atoms with Crippen molar-refractivity contribution in [2.75, 3.05) is 0 Å². The highest BCUT2D eigenvalue weighted by atomic mass is 32.2. The van der Waals surface area contributed by atoms with Gasteiger partial charge in [0.1, 0.15) is 17.7 Å². The van der Waals surface area contributed by atoms with Gasteiger partial charge in [-0.2, -0.15) is 0 Å². The number of halogens is 2. The summed E-state index contributed by atoms with van der Waals surface area (Å²) < 4.78 is 25.9. The maximum absolute atomic E-state index is 13.4. The summed E-state index contributed by atoms with van der Waals surface area (Å²) in [4.78, 5) is 10.8. The molecule has 3 nitrogen and oxygen atoms in total. The molecule has 100 valence electrons. The van der Waals surface area contributed by atoms with Crippen molar-refractivity contribution in [2.45, 2.75) is 30.4 Å². The molecule has 0 heterocycles. The third-order valence-corrected chi connectivity index (χ3v) is 4.10. The van der Waals surface area contributed by atoms with Crippen molar-refractivity contribution in [3.63, 3.8) is 0 Å². The molecule has 6 heteroatoms. The number of carbonyl (C=O) groups is 1. The second-order valence-electron chi connectivity index (χ2n) is 4.41. The molecule has 1 atom stereocenters. The Bertz CT molecular complexity index is 431. The van der Waals surface area contributed by atoms with Crippen molar-refractivity contribution in [1.29, 1.82) is 0 Å². The van der Waals surface area contributed by atoms with Gasteiger partial charge in [0.2, 0.25) is 0 Å². The van der Waals surface area contributed by atoms with E-state index in [-0.39, 0.29) is 11.3 Å². The first-order chi connectivity index (χ1) is 8.25. The van der Waals surface area contributed by atoms with Crippen molar-refractivity contribution >= 4 is 17.7 Å². The van der Waals surface area contributed by atoms with E-state index in [0.717, 1.165) is 11.8 Å². The summed E-state index contributed by atoms with van der Waals surface area (Å²) in [6.45, 7) is 3.27. The third-order valence-electron chi connectivity index (χ3n) is 2.67. The van der Waals surface area contributed by atoms with E-state index in [1.807, 2.05) is 0 Å². The van der Waals surface area contributed by atoms with Gasteiger partial charge in [-0.3, -0.25) is 4.79 Å². The van der Waals surface area contributed by atoms with Gasteiger partial charge in [0.25, 0.3) is 0 Å². The average molecular weight is 275 g/mol. The monoisotopic (exact) mass is 275 g/mol. The molecule has 0 aliphatic heterocycles. The summed E-state index contributed by atoms with van der Waals surface area (Å²) in [5.41, 5.74) is 5.46. The Hall–Kier alpha value is -1.14. The zero-order valence-electron chi connectivity index (χ0n) is 10.1. The molecule has 0 saturated heterocycles. The van der Waals surface area contributed by atoms with Crippen LogP contribution in [0.2, 0.25) is 0 Å². The predicted octanol–water partition coefficient (Wildman–Crippen LogP) is 2.39. The van der Waals surface area contributed by atoms with Crippen LogP contribution in [0.3, 0.4) is 0 Å². The zero-order valence-corrected chi connectivity index (χ0v) is 10.9. The van der Waals surface area contributed by atoms with Gasteiger partial charge in [-0.25, -0.2) is 8.78 Å². The van der Waals surface area contributed by atoms with Gasteiger partial charge in [-0.1, -0.05) is 6.07 Å². The normalized spacial score (nSPS) is 13.4. The van der Waals surface area contributed by atoms with Crippen LogP contribution in [0.5, 0.6) is 0 Å². The number of rotatable bonds is 5. The lowest BCUT2D eigenvalue weighted by Gasteiger charge is -2.28. The number of hydrogen-bond acceptors (Lipinski definition) is 3. The lowest BCUT2D eigenvalue weighted by molar-refractivity contribution is -0.139. The van der Waals surface area contributed by atoms with Crippen molar-refractivity contribution in [3.8, 4) is 0 Å². The molecule has 0 aliphatic rings. The van der Waals surface area contributed by atoms with E-state index >= 15 is 0 Å². The number of benzene rings is 1. The third kappa shape index (κ3) is 3.43. The Morgan fingerprint density at radius 1 is 1.44 bits per heavy atom. The molecule has 1 aromatic rings. The Kier molecular flexibility index (Phi) is 4.70. The molecular formula is C12H15F2NO2S. The molecule has 0 bridgehead atoms. The topological polar surface area (TPSA) is 63.3 Å². The Morgan fingerprint density at radius 2 is 1.94 bits per heavy atom. The van der Waals surface area contributed by atoms with E-state index in [1.54, 1.807) is 13.8 Å². The second kappa shape index (κ2) is 5.67. The molecule has 1 rings (SSSR count). The predicted molar refractivity (Wildman–Crippen MR) is 67.3 cm³/mol. The minimum Gasteiger partial charge on any atom is -0.480 e. The quantitative estimate of drug-likeness (QED) is 0.866. The highest BCUT2D eigenvalue weighted by Crippen LogP contribution is 2.32. The molecule has 0 fully saturated rings. The number of aliphatic carboxylic acids is 1. The molecule has 0 unspecified atom stereocenters. The van der Waals surface area contributed by atoms with Crippen LogP contribution in [-0.4, -0.2) is 21.9 Å². The standard InChI is InChI=1S/C12H15F2NO2S/c1-12(2,10(15)11(16)17)18-6-7-8(13)4-3-5-9(7)14/h3-5,10H,6,15H2,1-2H3,(H,16,17)/t10-/m1/s1. The first kappa shape index (κ1) is 14.9. The van der Waals surface area contributed by atoms with Crippen LogP contribution in [-0.2, 0) is 10.5 Å². The van der Waals surface area contributed by atoms with Gasteiger partial charge in [0.05, 0.1) is 0 Å². The van der Waals surface area contributed by atoms with Gasteiger partial charge < -0.3 is 10.8 Å². The van der Waals surface area contributed by atoms with Crippen molar-refractivity contribution in [1.82, 2.24) is 0 Å². The minimum absolute atomic E-state index is 0.0342. The highest BCUT2D eigenvalue weighted by Gasteiger charge is 2.32. The van der Waals surface area contributed by atoms with Gasteiger partial charge in [-0.15, -0.1) is 11.8 Å². The molecule has 0 amide bonds. The van der Waals surface area contributed by atoms with Gasteiger partial charge in [-0.05, 0) is 26.0 Å². The number of nitrogens with two attached hydrogens (primary N) is 1. The van der Waals surface area contributed by atoms with E-state index < -0.39 is 28.4 Å². The summed E-state index contributed by atoms with van der Waals surface area (Å²) in [6, 6.07) is 2.52. The molecule has 18 heavy (non-hydrogen) atoms. The van der Waals surface area contributed by atoms with Gasteiger partial charge in [0.15, 0.2) is 0 Å². The van der Waals surface area contributed by atoms with Gasteiger partial charge in [0, 0.05) is 16.1 Å². The number of carboxylic acid groups (broad SMARTS) is 1. The SMILES string of the molecule is CC(C)(SCc1c(F)cccc1F)[C@H](N)C(=O)O. The lowest BCUT2D eigenvalue weighted by atomic mass is 10.1. The van der Waals surface area contributed by atoms with Crippen LogP contribution in [0.25, 0.3) is 0 Å². The molecule has 0 aliphatic carbocycles. The van der Waals surface area contributed by atoms with E-state index in [2.05, 4.69) is 0 Å². The van der Waals surface area contributed by atoms with Crippen molar-refractivity contribution < 1.29 is 18.7 Å². The smallest absolute Gasteiger partial charge is 0.321 e. The minimum atomic E-state index is -1.14. The largest absolute Gasteiger partial charge is 0.480 e. The lowest BCUT2D eigenvalue weighted by Crippen LogP contribution is -2.46. The maximum atomic E-state index is 13.4. The number of hydrogen-bond donors (Lipinski definition) is 2. The van der Waals surface area contributed by atoms with Crippen LogP contribution in [0.15, 0.2) is 18.2 Å². The van der Waals surface area contributed by atoms with Crippen LogP contribution in [0.1, 0.15) is 19.4 Å². The summed E-state index contributed by atoms with van der Waals surface area (Å²) in [7, 11) is 0. The molecule has 3 N–H and O–H groups in total. The molecule has 1 aromatic carbocycles. The maximum Gasteiger partial charge on any atom is 0.321 e.